The quantitative estimate of drug-likeness (QED) is 0.631. The number of imidazole rings is 1. The zero-order valence-corrected chi connectivity index (χ0v) is 11.4. The number of nitro groups is 1. The molecule has 1 amide bonds. The van der Waals surface area contributed by atoms with Gasteiger partial charge in [-0.05, 0) is 19.1 Å². The van der Waals surface area contributed by atoms with Gasteiger partial charge in [0.1, 0.15) is 11.5 Å². The molecule has 0 aliphatic rings. The van der Waals surface area contributed by atoms with Crippen LogP contribution in [0.2, 0.25) is 0 Å². The number of carbonyl (C=O) groups is 1. The lowest BCUT2D eigenvalue weighted by molar-refractivity contribution is -0.384. The van der Waals surface area contributed by atoms with Crippen molar-refractivity contribution in [3.05, 3.63) is 52.1 Å². The summed E-state index contributed by atoms with van der Waals surface area (Å²) in [5.41, 5.74) is 0.655. The van der Waals surface area contributed by atoms with Gasteiger partial charge in [0, 0.05) is 38.1 Å². The molecule has 2 aromatic rings. The number of rotatable bonds is 3. The molecular formula is C13H14N4O3. The zero-order valence-electron chi connectivity index (χ0n) is 11.4. The summed E-state index contributed by atoms with van der Waals surface area (Å²) >= 11 is 0. The average molecular weight is 274 g/mol. The number of aryl methyl sites for hydroxylation is 1. The van der Waals surface area contributed by atoms with Crippen molar-refractivity contribution in [2.75, 3.05) is 14.1 Å². The largest absolute Gasteiger partial charge is 0.345 e. The summed E-state index contributed by atoms with van der Waals surface area (Å²) in [6.45, 7) is 1.74. The number of nitrogens with zero attached hydrogens (tertiary/aromatic N) is 4. The first-order valence-corrected chi connectivity index (χ1v) is 5.92. The summed E-state index contributed by atoms with van der Waals surface area (Å²) in [6.07, 6.45) is 3.18. The molecule has 0 aliphatic carbocycles. The molecule has 2 rings (SSSR count). The molecule has 0 unspecified atom stereocenters. The summed E-state index contributed by atoms with van der Waals surface area (Å²) in [5.74, 6) is 0.404. The molecule has 0 bridgehead atoms. The first-order valence-electron chi connectivity index (χ1n) is 5.92. The topological polar surface area (TPSA) is 81.3 Å². The number of hydrogen-bond donors (Lipinski definition) is 0. The third kappa shape index (κ3) is 2.37. The Kier molecular flexibility index (Phi) is 3.51. The molecule has 104 valence electrons. The maximum atomic E-state index is 12.0. The van der Waals surface area contributed by atoms with Crippen molar-refractivity contribution in [1.29, 1.82) is 0 Å². The van der Waals surface area contributed by atoms with Gasteiger partial charge in [-0.1, -0.05) is 0 Å². The fraction of sp³-hybridized carbons (Fsp3) is 0.231. The van der Waals surface area contributed by atoms with Gasteiger partial charge in [-0.2, -0.15) is 0 Å². The van der Waals surface area contributed by atoms with Crippen LogP contribution in [0.4, 0.5) is 5.69 Å². The summed E-state index contributed by atoms with van der Waals surface area (Å²) in [6, 6.07) is 4.30. The maximum absolute atomic E-state index is 12.0. The first-order chi connectivity index (χ1) is 9.41. The molecule has 0 fully saturated rings. The van der Waals surface area contributed by atoms with Crippen LogP contribution in [0.25, 0.3) is 5.69 Å². The highest BCUT2D eigenvalue weighted by Crippen LogP contribution is 2.25. The molecule has 0 aliphatic heterocycles. The number of nitro benzene ring substituents is 1. The van der Waals surface area contributed by atoms with Crippen LogP contribution in [0.1, 0.15) is 16.2 Å². The summed E-state index contributed by atoms with van der Waals surface area (Å²) < 4.78 is 1.59. The van der Waals surface area contributed by atoms with Gasteiger partial charge in [0.05, 0.1) is 4.92 Å². The Hall–Kier alpha value is -2.70. The van der Waals surface area contributed by atoms with Crippen LogP contribution < -0.4 is 0 Å². The van der Waals surface area contributed by atoms with Gasteiger partial charge >= 0.3 is 0 Å². The maximum Gasteiger partial charge on any atom is 0.293 e. The zero-order chi connectivity index (χ0) is 14.9. The number of hydrogen-bond acceptors (Lipinski definition) is 4. The van der Waals surface area contributed by atoms with E-state index in [1.807, 2.05) is 0 Å². The lowest BCUT2D eigenvalue weighted by Crippen LogP contribution is -2.22. The fourth-order valence-electron chi connectivity index (χ4n) is 1.89. The molecule has 0 radical (unpaired) electrons. The van der Waals surface area contributed by atoms with Gasteiger partial charge in [0.15, 0.2) is 0 Å². The summed E-state index contributed by atoms with van der Waals surface area (Å²) in [5, 5.41) is 11.1. The minimum absolute atomic E-state index is 0.0681. The Morgan fingerprint density at radius 2 is 2.10 bits per heavy atom. The van der Waals surface area contributed by atoms with Gasteiger partial charge in [-0.25, -0.2) is 4.98 Å². The monoisotopic (exact) mass is 274 g/mol. The van der Waals surface area contributed by atoms with Gasteiger partial charge in [-0.3, -0.25) is 19.5 Å². The van der Waals surface area contributed by atoms with Gasteiger partial charge < -0.3 is 4.90 Å². The minimum atomic E-state index is -0.474. The highest BCUT2D eigenvalue weighted by Gasteiger charge is 2.19. The van der Waals surface area contributed by atoms with E-state index in [2.05, 4.69) is 4.98 Å². The second-order valence-electron chi connectivity index (χ2n) is 4.50. The number of amides is 1. The second kappa shape index (κ2) is 5.12. The van der Waals surface area contributed by atoms with Gasteiger partial charge in [-0.15, -0.1) is 0 Å². The van der Waals surface area contributed by atoms with Crippen LogP contribution in [-0.2, 0) is 0 Å². The molecule has 0 N–H and O–H groups in total. The molecule has 20 heavy (non-hydrogen) atoms. The van der Waals surface area contributed by atoms with Crippen molar-refractivity contribution in [3.8, 4) is 5.69 Å². The lowest BCUT2D eigenvalue weighted by Gasteiger charge is -2.12. The standard InChI is InChI=1S/C13H14N4O3/c1-9-14-6-7-16(9)12-8-10(13(18)15(2)3)4-5-11(12)17(19)20/h4-8H,1-3H3. The molecule has 1 heterocycles. The van der Waals surface area contributed by atoms with E-state index in [9.17, 15) is 14.9 Å². The third-order valence-corrected chi connectivity index (χ3v) is 2.91. The lowest BCUT2D eigenvalue weighted by atomic mass is 10.1. The Labute approximate surface area is 115 Å². The third-order valence-electron chi connectivity index (χ3n) is 2.91. The summed E-state index contributed by atoms with van der Waals surface area (Å²) in [7, 11) is 3.26. The van der Waals surface area contributed by atoms with Gasteiger partial charge in [0.25, 0.3) is 11.6 Å². The van der Waals surface area contributed by atoms with Crippen LogP contribution in [0.5, 0.6) is 0 Å². The fourth-order valence-corrected chi connectivity index (χ4v) is 1.89. The van der Waals surface area contributed by atoms with Crippen LogP contribution >= 0.6 is 0 Å². The number of benzene rings is 1. The van der Waals surface area contributed by atoms with E-state index in [0.717, 1.165) is 0 Å². The molecule has 0 saturated carbocycles. The average Bonchev–Trinajstić information content (AvgIpc) is 2.83. The van der Waals surface area contributed by atoms with Crippen molar-refractivity contribution in [2.24, 2.45) is 0 Å². The molecule has 1 aromatic heterocycles. The molecule has 0 atom stereocenters. The van der Waals surface area contributed by atoms with E-state index < -0.39 is 4.92 Å². The highest BCUT2D eigenvalue weighted by atomic mass is 16.6. The molecule has 7 heteroatoms. The minimum Gasteiger partial charge on any atom is -0.345 e. The van der Waals surface area contributed by atoms with Crippen molar-refractivity contribution in [3.63, 3.8) is 0 Å². The van der Waals surface area contributed by atoms with Crippen LogP contribution in [0.3, 0.4) is 0 Å². The van der Waals surface area contributed by atoms with E-state index in [0.29, 0.717) is 17.1 Å². The molecule has 1 aromatic carbocycles. The number of carbonyl (C=O) groups excluding carboxylic acids is 1. The Morgan fingerprint density at radius 3 is 2.60 bits per heavy atom. The van der Waals surface area contributed by atoms with E-state index in [1.165, 1.54) is 23.1 Å². The number of aromatic nitrogens is 2. The van der Waals surface area contributed by atoms with E-state index in [1.54, 1.807) is 38.0 Å². The predicted octanol–water partition coefficient (Wildman–Crippen LogP) is 1.79. The van der Waals surface area contributed by atoms with Crippen molar-refractivity contribution in [2.45, 2.75) is 6.92 Å². The Bertz CT molecular complexity index is 676. The predicted molar refractivity (Wildman–Crippen MR) is 73.0 cm³/mol. The van der Waals surface area contributed by atoms with Crippen molar-refractivity contribution >= 4 is 11.6 Å². The summed E-state index contributed by atoms with van der Waals surface area (Å²) in [4.78, 5) is 28.1. The molecule has 7 nitrogen and oxygen atoms in total. The highest BCUT2D eigenvalue weighted by molar-refractivity contribution is 5.95. The van der Waals surface area contributed by atoms with E-state index in [-0.39, 0.29) is 11.6 Å². The SMILES string of the molecule is Cc1nccn1-c1cc(C(=O)N(C)C)ccc1[N+](=O)[O-]. The molecule has 0 spiro atoms. The van der Waals surface area contributed by atoms with E-state index >= 15 is 0 Å². The second-order valence-corrected chi connectivity index (χ2v) is 4.50. The Morgan fingerprint density at radius 1 is 1.40 bits per heavy atom. The first kappa shape index (κ1) is 13.7. The Balaban J connectivity index is 2.63. The van der Waals surface area contributed by atoms with Crippen LogP contribution in [0, 0.1) is 17.0 Å². The van der Waals surface area contributed by atoms with Crippen molar-refractivity contribution in [1.82, 2.24) is 14.5 Å². The smallest absolute Gasteiger partial charge is 0.293 e. The van der Waals surface area contributed by atoms with Crippen molar-refractivity contribution < 1.29 is 9.72 Å². The van der Waals surface area contributed by atoms with Gasteiger partial charge in [0.2, 0.25) is 0 Å². The van der Waals surface area contributed by atoms with Crippen LogP contribution in [0.15, 0.2) is 30.6 Å². The molecular weight excluding hydrogens is 260 g/mol. The van der Waals surface area contributed by atoms with E-state index in [4.69, 9.17) is 0 Å². The van der Waals surface area contributed by atoms with Crippen LogP contribution in [-0.4, -0.2) is 39.4 Å². The molecule has 0 saturated heterocycles. The normalized spacial score (nSPS) is 10.3.